The summed E-state index contributed by atoms with van der Waals surface area (Å²) in [5.41, 5.74) is 5.76. The maximum Gasteiger partial charge on any atom is 0.276 e. The van der Waals surface area contributed by atoms with E-state index >= 15 is 0 Å². The molecule has 0 aliphatic carbocycles. The fraction of sp³-hybridized carbons (Fsp3) is 0.500. The molecule has 122 valence electrons. The number of rotatable bonds is 8. The summed E-state index contributed by atoms with van der Waals surface area (Å²) in [6.45, 7) is 3.92. The minimum Gasteiger partial charge on any atom is -0.484 e. The van der Waals surface area contributed by atoms with Crippen LogP contribution in [0, 0.1) is 6.92 Å². The van der Waals surface area contributed by atoms with E-state index in [0.29, 0.717) is 12.2 Å². The number of ether oxygens (including phenoxy) is 1. The van der Waals surface area contributed by atoms with Crippen LogP contribution in [-0.4, -0.2) is 18.4 Å². The molecule has 6 heteroatoms. The van der Waals surface area contributed by atoms with E-state index < -0.39 is 0 Å². The zero-order chi connectivity index (χ0) is 16.4. The van der Waals surface area contributed by atoms with Crippen molar-refractivity contribution in [3.63, 3.8) is 0 Å². The predicted molar refractivity (Wildman–Crippen MR) is 89.4 cm³/mol. The third kappa shape index (κ3) is 7.45. The van der Waals surface area contributed by atoms with Gasteiger partial charge in [0.05, 0.1) is 0 Å². The Labute approximate surface area is 139 Å². The molecule has 0 unspecified atom stereocenters. The zero-order valence-corrected chi connectivity index (χ0v) is 14.7. The first-order valence-corrected chi connectivity index (χ1v) is 8.29. The number of amides is 2. The number of hydrogen-bond acceptors (Lipinski definition) is 3. The van der Waals surface area contributed by atoms with Crippen LogP contribution in [0.25, 0.3) is 0 Å². The number of carbonyl (C=O) groups is 2. The molecule has 2 amide bonds. The first-order chi connectivity index (χ1) is 10.5. The van der Waals surface area contributed by atoms with Crippen LogP contribution < -0.4 is 15.6 Å². The Hall–Kier alpha value is -1.56. The maximum atomic E-state index is 11.6. The molecule has 0 fully saturated rings. The molecule has 0 aliphatic rings. The molecule has 0 aromatic heterocycles. The fourth-order valence-corrected chi connectivity index (χ4v) is 2.05. The first-order valence-electron chi connectivity index (χ1n) is 7.49. The van der Waals surface area contributed by atoms with Gasteiger partial charge in [0.2, 0.25) is 5.91 Å². The van der Waals surface area contributed by atoms with Crippen molar-refractivity contribution in [2.75, 3.05) is 6.61 Å². The molecule has 5 nitrogen and oxygen atoms in total. The molecule has 0 aliphatic heterocycles. The molecule has 0 heterocycles. The third-order valence-corrected chi connectivity index (χ3v) is 3.99. The van der Waals surface area contributed by atoms with Gasteiger partial charge in [-0.1, -0.05) is 42.1 Å². The van der Waals surface area contributed by atoms with Crippen LogP contribution in [0.1, 0.15) is 44.6 Å². The Kier molecular flexibility index (Phi) is 8.58. The molecule has 0 saturated carbocycles. The summed E-state index contributed by atoms with van der Waals surface area (Å²) in [6.07, 6.45) is 4.55. The van der Waals surface area contributed by atoms with E-state index in [1.807, 2.05) is 19.1 Å². The van der Waals surface area contributed by atoms with Gasteiger partial charge in [-0.15, -0.1) is 0 Å². The Morgan fingerprint density at radius 1 is 1.14 bits per heavy atom. The molecule has 0 atom stereocenters. The van der Waals surface area contributed by atoms with E-state index in [0.717, 1.165) is 35.7 Å². The van der Waals surface area contributed by atoms with E-state index in [-0.39, 0.29) is 18.4 Å². The van der Waals surface area contributed by atoms with Crippen molar-refractivity contribution in [2.45, 2.75) is 46.0 Å². The zero-order valence-electron chi connectivity index (χ0n) is 13.1. The van der Waals surface area contributed by atoms with E-state index in [1.54, 1.807) is 6.07 Å². The van der Waals surface area contributed by atoms with E-state index in [2.05, 4.69) is 33.7 Å². The number of halogens is 1. The molecule has 1 aromatic carbocycles. The van der Waals surface area contributed by atoms with E-state index in [1.165, 1.54) is 0 Å². The second-order valence-electron chi connectivity index (χ2n) is 5.11. The molecule has 1 aromatic rings. The summed E-state index contributed by atoms with van der Waals surface area (Å²) in [5, 5.41) is 0. The van der Waals surface area contributed by atoms with Gasteiger partial charge < -0.3 is 4.74 Å². The lowest BCUT2D eigenvalue weighted by Crippen LogP contribution is -2.43. The highest BCUT2D eigenvalue weighted by Crippen LogP contribution is 2.21. The first kappa shape index (κ1) is 18.5. The van der Waals surface area contributed by atoms with Crippen molar-refractivity contribution in [3.8, 4) is 5.75 Å². The topological polar surface area (TPSA) is 67.4 Å². The summed E-state index contributed by atoms with van der Waals surface area (Å²) in [4.78, 5) is 23.1. The van der Waals surface area contributed by atoms with Gasteiger partial charge in [-0.25, -0.2) is 0 Å². The van der Waals surface area contributed by atoms with Crippen molar-refractivity contribution in [3.05, 3.63) is 28.2 Å². The van der Waals surface area contributed by atoms with Crippen LogP contribution in [0.4, 0.5) is 0 Å². The standard InChI is InChI=1S/C16H23BrN2O3/c1-3-4-5-6-7-15(20)18-19-16(21)11-22-13-8-9-14(17)12(2)10-13/h8-10H,3-7,11H2,1-2H3,(H,18,20)(H,19,21). The van der Waals surface area contributed by atoms with Gasteiger partial charge in [-0.2, -0.15) is 0 Å². The van der Waals surface area contributed by atoms with Crippen LogP contribution in [-0.2, 0) is 9.59 Å². The number of benzene rings is 1. The van der Waals surface area contributed by atoms with Gasteiger partial charge in [-0.05, 0) is 37.1 Å². The number of unbranched alkanes of at least 4 members (excludes halogenated alkanes) is 3. The summed E-state index contributed by atoms with van der Waals surface area (Å²) < 4.78 is 6.35. The van der Waals surface area contributed by atoms with Gasteiger partial charge in [-0.3, -0.25) is 20.4 Å². The molecular weight excluding hydrogens is 348 g/mol. The van der Waals surface area contributed by atoms with Crippen molar-refractivity contribution in [1.82, 2.24) is 10.9 Å². The van der Waals surface area contributed by atoms with E-state index in [4.69, 9.17) is 4.74 Å². The summed E-state index contributed by atoms with van der Waals surface area (Å²) >= 11 is 3.40. The minimum atomic E-state index is -0.387. The van der Waals surface area contributed by atoms with Crippen LogP contribution in [0.3, 0.4) is 0 Å². The average molecular weight is 371 g/mol. The largest absolute Gasteiger partial charge is 0.484 e. The number of aryl methyl sites for hydroxylation is 1. The van der Waals surface area contributed by atoms with Crippen LogP contribution >= 0.6 is 15.9 Å². The van der Waals surface area contributed by atoms with Crippen molar-refractivity contribution >= 4 is 27.7 Å². The second-order valence-corrected chi connectivity index (χ2v) is 5.96. The molecule has 0 bridgehead atoms. The number of carbonyl (C=O) groups excluding carboxylic acids is 2. The monoisotopic (exact) mass is 370 g/mol. The van der Waals surface area contributed by atoms with Crippen LogP contribution in [0.2, 0.25) is 0 Å². The van der Waals surface area contributed by atoms with Crippen molar-refractivity contribution in [2.24, 2.45) is 0 Å². The summed E-state index contributed by atoms with van der Waals surface area (Å²) in [5.74, 6) is 0.0492. The highest BCUT2D eigenvalue weighted by atomic mass is 79.9. The highest BCUT2D eigenvalue weighted by Gasteiger charge is 2.06. The molecule has 0 saturated heterocycles. The lowest BCUT2D eigenvalue weighted by atomic mass is 10.1. The summed E-state index contributed by atoms with van der Waals surface area (Å²) in [7, 11) is 0. The van der Waals surface area contributed by atoms with Gasteiger partial charge in [0.15, 0.2) is 6.61 Å². The lowest BCUT2D eigenvalue weighted by Gasteiger charge is -2.09. The van der Waals surface area contributed by atoms with Crippen molar-refractivity contribution < 1.29 is 14.3 Å². The third-order valence-electron chi connectivity index (χ3n) is 3.10. The molecule has 0 spiro atoms. The fourth-order valence-electron chi connectivity index (χ4n) is 1.81. The number of hydrogen-bond donors (Lipinski definition) is 2. The number of hydrazine groups is 1. The lowest BCUT2D eigenvalue weighted by molar-refractivity contribution is -0.130. The van der Waals surface area contributed by atoms with Crippen molar-refractivity contribution in [1.29, 1.82) is 0 Å². The Balaban J connectivity index is 2.20. The van der Waals surface area contributed by atoms with Crippen LogP contribution in [0.15, 0.2) is 22.7 Å². The normalized spacial score (nSPS) is 10.1. The van der Waals surface area contributed by atoms with Gasteiger partial charge in [0.25, 0.3) is 5.91 Å². The molecule has 22 heavy (non-hydrogen) atoms. The molecule has 0 radical (unpaired) electrons. The molecular formula is C16H23BrN2O3. The minimum absolute atomic E-state index is 0.142. The van der Waals surface area contributed by atoms with Gasteiger partial charge in [0, 0.05) is 10.9 Å². The Morgan fingerprint density at radius 3 is 2.55 bits per heavy atom. The smallest absolute Gasteiger partial charge is 0.276 e. The average Bonchev–Trinajstić information content (AvgIpc) is 2.50. The summed E-state index contributed by atoms with van der Waals surface area (Å²) in [6, 6.07) is 5.47. The second kappa shape index (κ2) is 10.2. The highest BCUT2D eigenvalue weighted by molar-refractivity contribution is 9.10. The molecule has 1 rings (SSSR count). The van der Waals surface area contributed by atoms with Gasteiger partial charge in [0.1, 0.15) is 5.75 Å². The Bertz CT molecular complexity index is 506. The Morgan fingerprint density at radius 2 is 1.86 bits per heavy atom. The quantitative estimate of drug-likeness (QED) is 0.545. The van der Waals surface area contributed by atoms with Gasteiger partial charge >= 0.3 is 0 Å². The SMILES string of the molecule is CCCCCCC(=O)NNC(=O)COc1ccc(Br)c(C)c1. The maximum absolute atomic E-state index is 11.6. The number of nitrogens with one attached hydrogen (secondary N) is 2. The van der Waals surface area contributed by atoms with Crippen LogP contribution in [0.5, 0.6) is 5.75 Å². The van der Waals surface area contributed by atoms with E-state index in [9.17, 15) is 9.59 Å². The molecule has 2 N–H and O–H groups in total. The predicted octanol–water partition coefficient (Wildman–Crippen LogP) is 3.25.